The molecule has 0 aliphatic rings. The molecule has 0 radical (unpaired) electrons. The van der Waals surface area contributed by atoms with E-state index >= 15 is 0 Å². The lowest BCUT2D eigenvalue weighted by atomic mass is 10.0. The molecule has 0 aromatic carbocycles. The van der Waals surface area contributed by atoms with E-state index in [4.69, 9.17) is 14.9 Å². The van der Waals surface area contributed by atoms with Gasteiger partial charge in [-0.05, 0) is 70.6 Å². The van der Waals surface area contributed by atoms with E-state index in [2.05, 4.69) is 60.9 Å². The number of aliphatic hydroxyl groups is 1. The molecule has 0 fully saturated rings. The standard InChI is InChI=1S/C45H80N2O7/c1-3-5-7-9-11-13-15-16-17-18-20-22-24-29-33-37-44(51)54-40(34-30-26-23-21-19-14-12-10-8-6-4-2)35-31-27-25-28-32-36-42(49)46-38-43(50)47-41(39-48)45(52)53/h5,7,11,13,16-17,40-41,48H,3-4,6,8-10,12,14-15,18-39H2,1-2H3,(H,46,49)(H,47,50)(H,52,53)/b7-5-,13-11-,17-16-. The fraction of sp³-hybridized carbons (Fsp3) is 0.778. The molecule has 0 rings (SSSR count). The topological polar surface area (TPSA) is 142 Å². The first kappa shape index (κ1) is 51.1. The van der Waals surface area contributed by atoms with E-state index in [1.807, 2.05) is 0 Å². The minimum absolute atomic E-state index is 0.0195. The fourth-order valence-corrected chi connectivity index (χ4v) is 6.32. The second-order valence-corrected chi connectivity index (χ2v) is 14.8. The highest BCUT2D eigenvalue weighted by Gasteiger charge is 2.19. The van der Waals surface area contributed by atoms with Crippen molar-refractivity contribution in [1.29, 1.82) is 0 Å². The molecule has 2 atom stereocenters. The van der Waals surface area contributed by atoms with Gasteiger partial charge in [-0.15, -0.1) is 0 Å². The average Bonchev–Trinajstić information content (AvgIpc) is 3.15. The number of aliphatic carboxylic acids is 1. The van der Waals surface area contributed by atoms with Crippen molar-refractivity contribution in [3.05, 3.63) is 36.5 Å². The van der Waals surface area contributed by atoms with E-state index in [1.165, 1.54) is 77.0 Å². The summed E-state index contributed by atoms with van der Waals surface area (Å²) in [5.41, 5.74) is 0. The molecule has 0 aliphatic carbocycles. The van der Waals surface area contributed by atoms with Gasteiger partial charge in [-0.3, -0.25) is 14.4 Å². The first-order valence-electron chi connectivity index (χ1n) is 21.9. The molecule has 0 spiro atoms. The van der Waals surface area contributed by atoms with Crippen molar-refractivity contribution >= 4 is 23.8 Å². The SMILES string of the molecule is CC/C=C\C/C=C\C/C=C\CCCCCCCC(=O)OC(CCCCCCCCCCCCC)CCCCCCCC(=O)NCC(=O)NC(CO)C(=O)O. The first-order chi connectivity index (χ1) is 26.3. The molecule has 9 nitrogen and oxygen atoms in total. The number of carboxylic acid groups (broad SMARTS) is 1. The summed E-state index contributed by atoms with van der Waals surface area (Å²) in [6, 6.07) is -1.38. The number of hydrogen-bond donors (Lipinski definition) is 4. The lowest BCUT2D eigenvalue weighted by molar-refractivity contribution is -0.150. The molecule has 0 heterocycles. The van der Waals surface area contributed by atoms with Gasteiger partial charge in [0.2, 0.25) is 11.8 Å². The molecule has 4 N–H and O–H groups in total. The number of nitrogens with one attached hydrogen (secondary N) is 2. The summed E-state index contributed by atoms with van der Waals surface area (Å²) < 4.78 is 6.02. The Balaban J connectivity index is 4.32. The van der Waals surface area contributed by atoms with Crippen LogP contribution < -0.4 is 10.6 Å². The summed E-state index contributed by atoms with van der Waals surface area (Å²) in [5.74, 6) is -2.30. The quantitative estimate of drug-likeness (QED) is 0.0277. The maximum atomic E-state index is 12.8. The van der Waals surface area contributed by atoms with Gasteiger partial charge in [0.15, 0.2) is 0 Å². The zero-order chi connectivity index (χ0) is 39.7. The smallest absolute Gasteiger partial charge is 0.328 e. The third-order valence-corrected chi connectivity index (χ3v) is 9.65. The summed E-state index contributed by atoms with van der Waals surface area (Å²) in [6.07, 6.45) is 44.5. The minimum atomic E-state index is -1.38. The van der Waals surface area contributed by atoms with Gasteiger partial charge in [-0.2, -0.15) is 0 Å². The Kier molecular flexibility index (Phi) is 37.6. The number of esters is 1. The van der Waals surface area contributed by atoms with Crippen molar-refractivity contribution in [1.82, 2.24) is 10.6 Å². The van der Waals surface area contributed by atoms with E-state index < -0.39 is 24.5 Å². The van der Waals surface area contributed by atoms with Gasteiger partial charge in [-0.1, -0.05) is 153 Å². The van der Waals surface area contributed by atoms with Crippen LogP contribution in [0.5, 0.6) is 0 Å². The molecule has 2 amide bonds. The molecule has 312 valence electrons. The molecule has 0 saturated carbocycles. The van der Waals surface area contributed by atoms with Gasteiger partial charge in [0.1, 0.15) is 12.1 Å². The third-order valence-electron chi connectivity index (χ3n) is 9.65. The van der Waals surface area contributed by atoms with Gasteiger partial charge in [0.05, 0.1) is 13.2 Å². The van der Waals surface area contributed by atoms with Gasteiger partial charge in [-0.25, -0.2) is 4.79 Å². The maximum absolute atomic E-state index is 12.8. The number of allylic oxidation sites excluding steroid dienone is 6. The normalized spacial score (nSPS) is 12.8. The highest BCUT2D eigenvalue weighted by Crippen LogP contribution is 2.19. The minimum Gasteiger partial charge on any atom is -0.480 e. The Hall–Kier alpha value is -2.94. The molecule has 0 aliphatic heterocycles. The number of carboxylic acids is 1. The van der Waals surface area contributed by atoms with Crippen LogP contribution in [0.4, 0.5) is 0 Å². The zero-order valence-corrected chi connectivity index (χ0v) is 34.5. The Morgan fingerprint density at radius 3 is 1.59 bits per heavy atom. The van der Waals surface area contributed by atoms with Crippen LogP contribution in [0.1, 0.15) is 200 Å². The van der Waals surface area contributed by atoms with Gasteiger partial charge >= 0.3 is 11.9 Å². The second-order valence-electron chi connectivity index (χ2n) is 14.8. The van der Waals surface area contributed by atoms with Gasteiger partial charge < -0.3 is 25.6 Å². The number of carbonyl (C=O) groups is 4. The lowest BCUT2D eigenvalue weighted by Gasteiger charge is -2.18. The van der Waals surface area contributed by atoms with E-state index in [1.54, 1.807) is 0 Å². The molecule has 54 heavy (non-hydrogen) atoms. The van der Waals surface area contributed by atoms with E-state index in [0.29, 0.717) is 19.3 Å². The van der Waals surface area contributed by atoms with Gasteiger partial charge in [0.25, 0.3) is 0 Å². The number of ether oxygens (including phenoxy) is 1. The molecular weight excluding hydrogens is 681 g/mol. The van der Waals surface area contributed by atoms with Crippen LogP contribution in [-0.2, 0) is 23.9 Å². The molecule has 0 bridgehead atoms. The van der Waals surface area contributed by atoms with Crippen molar-refractivity contribution in [2.24, 2.45) is 0 Å². The number of aliphatic hydroxyl groups excluding tert-OH is 1. The highest BCUT2D eigenvalue weighted by atomic mass is 16.5. The fourth-order valence-electron chi connectivity index (χ4n) is 6.32. The number of carbonyl (C=O) groups excluding carboxylic acids is 3. The number of amides is 2. The van der Waals surface area contributed by atoms with E-state index in [-0.39, 0.29) is 24.5 Å². The van der Waals surface area contributed by atoms with Crippen molar-refractivity contribution in [2.75, 3.05) is 13.2 Å². The summed E-state index contributed by atoms with van der Waals surface area (Å²) >= 11 is 0. The summed E-state index contributed by atoms with van der Waals surface area (Å²) in [5, 5.41) is 22.5. The van der Waals surface area contributed by atoms with Crippen LogP contribution in [0, 0.1) is 0 Å². The average molecular weight is 761 g/mol. The van der Waals surface area contributed by atoms with Gasteiger partial charge in [0, 0.05) is 12.8 Å². The summed E-state index contributed by atoms with van der Waals surface area (Å²) in [6.45, 7) is 3.37. The molecule has 0 aromatic heterocycles. The van der Waals surface area contributed by atoms with Crippen LogP contribution in [0.25, 0.3) is 0 Å². The maximum Gasteiger partial charge on any atom is 0.328 e. The van der Waals surface area contributed by atoms with Crippen molar-refractivity contribution in [3.8, 4) is 0 Å². The van der Waals surface area contributed by atoms with Crippen molar-refractivity contribution < 1.29 is 34.1 Å². The second kappa shape index (κ2) is 39.7. The predicted octanol–water partition coefficient (Wildman–Crippen LogP) is 10.6. The Bertz CT molecular complexity index is 1010. The molecular formula is C45H80N2O7. The van der Waals surface area contributed by atoms with Crippen LogP contribution >= 0.6 is 0 Å². The van der Waals surface area contributed by atoms with Crippen LogP contribution in [0.15, 0.2) is 36.5 Å². The monoisotopic (exact) mass is 761 g/mol. The third kappa shape index (κ3) is 36.1. The summed E-state index contributed by atoms with van der Waals surface area (Å²) in [4.78, 5) is 47.6. The predicted molar refractivity (Wildman–Crippen MR) is 222 cm³/mol. The molecule has 0 saturated heterocycles. The summed E-state index contributed by atoms with van der Waals surface area (Å²) in [7, 11) is 0. The van der Waals surface area contributed by atoms with Crippen molar-refractivity contribution in [3.63, 3.8) is 0 Å². The van der Waals surface area contributed by atoms with E-state index in [0.717, 1.165) is 89.9 Å². The molecule has 9 heteroatoms. The zero-order valence-electron chi connectivity index (χ0n) is 34.5. The number of hydrogen-bond acceptors (Lipinski definition) is 6. The Morgan fingerprint density at radius 1 is 0.574 bits per heavy atom. The lowest BCUT2D eigenvalue weighted by Crippen LogP contribution is -2.47. The van der Waals surface area contributed by atoms with Crippen molar-refractivity contribution in [2.45, 2.75) is 212 Å². The van der Waals surface area contributed by atoms with Crippen LogP contribution in [0.3, 0.4) is 0 Å². The molecule has 0 aromatic rings. The number of unbranched alkanes of at least 4 members (excludes halogenated alkanes) is 19. The highest BCUT2D eigenvalue weighted by molar-refractivity contribution is 5.87. The van der Waals surface area contributed by atoms with Crippen LogP contribution in [-0.4, -0.2) is 59.3 Å². The van der Waals surface area contributed by atoms with E-state index in [9.17, 15) is 19.2 Å². The molecule has 2 unspecified atom stereocenters. The van der Waals surface area contributed by atoms with Crippen LogP contribution in [0.2, 0.25) is 0 Å². The first-order valence-corrected chi connectivity index (χ1v) is 21.9. The largest absolute Gasteiger partial charge is 0.480 e. The Morgan fingerprint density at radius 2 is 1.06 bits per heavy atom. The Labute approximate surface area is 329 Å². The number of rotatable bonds is 39.